The second-order valence-electron chi connectivity index (χ2n) is 4.82. The van der Waals surface area contributed by atoms with Crippen molar-refractivity contribution in [3.63, 3.8) is 0 Å². The highest BCUT2D eigenvalue weighted by Crippen LogP contribution is 2.28. The normalized spacial score (nSPS) is 10.8. The third-order valence-corrected chi connectivity index (χ3v) is 4.37. The second-order valence-corrected chi connectivity index (χ2v) is 5.86. The number of para-hydroxylation sites is 1. The molecule has 0 radical (unpaired) electrons. The minimum Gasteiger partial charge on any atom is -0.494 e. The van der Waals surface area contributed by atoms with Crippen molar-refractivity contribution >= 4 is 26.7 Å². The zero-order chi connectivity index (χ0) is 14.7. The van der Waals surface area contributed by atoms with E-state index in [4.69, 9.17) is 4.74 Å². The van der Waals surface area contributed by atoms with Crippen molar-refractivity contribution in [3.8, 4) is 5.75 Å². The van der Waals surface area contributed by atoms with Gasteiger partial charge in [-0.05, 0) is 37.6 Å². The van der Waals surface area contributed by atoms with Crippen LogP contribution in [0.15, 0.2) is 42.5 Å². The number of anilines is 1. The van der Waals surface area contributed by atoms with Crippen LogP contribution in [0.25, 0.3) is 10.2 Å². The highest BCUT2D eigenvalue weighted by Gasteiger charge is 2.08. The standard InChI is InChI=1S/C17H18N2OS/c1-3-20-15-9-6-7-12(2)13(15)11-18-17-19-14-8-4-5-10-16(14)21-17/h4-10H,3,11H2,1-2H3,(H,18,19). The Morgan fingerprint density at radius 2 is 2.00 bits per heavy atom. The van der Waals surface area contributed by atoms with Gasteiger partial charge in [-0.2, -0.15) is 0 Å². The molecule has 1 N–H and O–H groups in total. The zero-order valence-electron chi connectivity index (χ0n) is 12.2. The number of rotatable bonds is 5. The molecule has 0 aliphatic carbocycles. The molecule has 4 heteroatoms. The molecule has 0 atom stereocenters. The number of aryl methyl sites for hydroxylation is 1. The lowest BCUT2D eigenvalue weighted by molar-refractivity contribution is 0.336. The van der Waals surface area contributed by atoms with Gasteiger partial charge in [-0.25, -0.2) is 4.98 Å². The minimum atomic E-state index is 0.678. The Balaban J connectivity index is 1.81. The quantitative estimate of drug-likeness (QED) is 0.746. The van der Waals surface area contributed by atoms with Gasteiger partial charge in [0.2, 0.25) is 0 Å². The van der Waals surface area contributed by atoms with Crippen molar-refractivity contribution in [2.75, 3.05) is 11.9 Å². The number of hydrogen-bond acceptors (Lipinski definition) is 4. The molecule has 0 saturated carbocycles. The lowest BCUT2D eigenvalue weighted by atomic mass is 10.1. The first-order chi connectivity index (χ1) is 10.3. The largest absolute Gasteiger partial charge is 0.494 e. The van der Waals surface area contributed by atoms with E-state index < -0.39 is 0 Å². The summed E-state index contributed by atoms with van der Waals surface area (Å²) in [6, 6.07) is 14.3. The van der Waals surface area contributed by atoms with E-state index in [0.717, 1.165) is 22.9 Å². The van der Waals surface area contributed by atoms with Gasteiger partial charge in [0.15, 0.2) is 5.13 Å². The molecule has 1 heterocycles. The molecule has 21 heavy (non-hydrogen) atoms. The summed E-state index contributed by atoms with van der Waals surface area (Å²) in [6.45, 7) is 5.52. The highest BCUT2D eigenvalue weighted by atomic mass is 32.1. The lowest BCUT2D eigenvalue weighted by Crippen LogP contribution is -2.04. The minimum absolute atomic E-state index is 0.678. The van der Waals surface area contributed by atoms with Gasteiger partial charge in [-0.1, -0.05) is 35.6 Å². The lowest BCUT2D eigenvalue weighted by Gasteiger charge is -2.13. The number of thiazole rings is 1. The molecule has 0 amide bonds. The molecule has 3 aromatic rings. The van der Waals surface area contributed by atoms with Crippen LogP contribution in [0.1, 0.15) is 18.1 Å². The van der Waals surface area contributed by atoms with Crippen LogP contribution in [0.5, 0.6) is 5.75 Å². The maximum Gasteiger partial charge on any atom is 0.184 e. The number of aromatic nitrogens is 1. The molecule has 3 nitrogen and oxygen atoms in total. The Kier molecular flexibility index (Phi) is 4.06. The fourth-order valence-electron chi connectivity index (χ4n) is 2.30. The van der Waals surface area contributed by atoms with E-state index in [9.17, 15) is 0 Å². The summed E-state index contributed by atoms with van der Waals surface area (Å²) in [5.74, 6) is 0.950. The Hall–Kier alpha value is -2.07. The Bertz CT molecular complexity index is 718. The molecule has 1 aromatic heterocycles. The highest BCUT2D eigenvalue weighted by molar-refractivity contribution is 7.22. The maximum atomic E-state index is 5.71. The van der Waals surface area contributed by atoms with E-state index >= 15 is 0 Å². The molecule has 0 saturated heterocycles. The van der Waals surface area contributed by atoms with Gasteiger partial charge < -0.3 is 10.1 Å². The van der Waals surface area contributed by atoms with E-state index in [-0.39, 0.29) is 0 Å². The van der Waals surface area contributed by atoms with Crippen LogP contribution in [0.2, 0.25) is 0 Å². The van der Waals surface area contributed by atoms with E-state index in [0.29, 0.717) is 6.61 Å². The van der Waals surface area contributed by atoms with E-state index in [1.54, 1.807) is 11.3 Å². The molecule has 3 rings (SSSR count). The van der Waals surface area contributed by atoms with Crippen LogP contribution in [0, 0.1) is 6.92 Å². The van der Waals surface area contributed by atoms with Gasteiger partial charge >= 0.3 is 0 Å². The first-order valence-electron chi connectivity index (χ1n) is 7.08. The molecule has 0 bridgehead atoms. The van der Waals surface area contributed by atoms with Crippen LogP contribution in [-0.4, -0.2) is 11.6 Å². The molecule has 2 aromatic carbocycles. The predicted molar refractivity (Wildman–Crippen MR) is 89.3 cm³/mol. The summed E-state index contributed by atoms with van der Waals surface area (Å²) in [4.78, 5) is 4.60. The average Bonchev–Trinajstić information content (AvgIpc) is 2.90. The number of ether oxygens (including phenoxy) is 1. The fraction of sp³-hybridized carbons (Fsp3) is 0.235. The van der Waals surface area contributed by atoms with E-state index in [2.05, 4.69) is 29.4 Å². The van der Waals surface area contributed by atoms with Crippen LogP contribution < -0.4 is 10.1 Å². The monoisotopic (exact) mass is 298 g/mol. The molecular weight excluding hydrogens is 280 g/mol. The van der Waals surface area contributed by atoms with Crippen molar-refractivity contribution in [1.29, 1.82) is 0 Å². The zero-order valence-corrected chi connectivity index (χ0v) is 13.0. The van der Waals surface area contributed by atoms with Gasteiger partial charge in [0.05, 0.1) is 16.8 Å². The van der Waals surface area contributed by atoms with Gasteiger partial charge in [-0.3, -0.25) is 0 Å². The van der Waals surface area contributed by atoms with Crippen LogP contribution in [0.4, 0.5) is 5.13 Å². The summed E-state index contributed by atoms with van der Waals surface area (Å²) in [6.07, 6.45) is 0. The number of nitrogens with zero attached hydrogens (tertiary/aromatic N) is 1. The van der Waals surface area contributed by atoms with Crippen molar-refractivity contribution in [3.05, 3.63) is 53.6 Å². The van der Waals surface area contributed by atoms with Crippen molar-refractivity contribution < 1.29 is 4.74 Å². The Morgan fingerprint density at radius 3 is 2.81 bits per heavy atom. The molecule has 0 fully saturated rings. The Morgan fingerprint density at radius 1 is 1.14 bits per heavy atom. The van der Waals surface area contributed by atoms with E-state index in [1.807, 2.05) is 37.3 Å². The van der Waals surface area contributed by atoms with Crippen LogP contribution >= 0.6 is 11.3 Å². The van der Waals surface area contributed by atoms with Gasteiger partial charge in [-0.15, -0.1) is 0 Å². The Labute approximate surface area is 128 Å². The fourth-order valence-corrected chi connectivity index (χ4v) is 3.17. The first kappa shape index (κ1) is 13.9. The molecule has 0 spiro atoms. The first-order valence-corrected chi connectivity index (χ1v) is 7.90. The molecule has 0 aliphatic heterocycles. The molecular formula is C17H18N2OS. The van der Waals surface area contributed by atoms with Crippen LogP contribution in [0.3, 0.4) is 0 Å². The molecule has 0 aliphatic rings. The third kappa shape index (κ3) is 3.00. The van der Waals surface area contributed by atoms with Gasteiger partial charge in [0, 0.05) is 12.1 Å². The predicted octanol–water partition coefficient (Wildman–Crippen LogP) is 4.62. The number of fused-ring (bicyclic) bond motifs is 1. The number of hydrogen-bond donors (Lipinski definition) is 1. The van der Waals surface area contributed by atoms with Crippen LogP contribution in [-0.2, 0) is 6.54 Å². The average molecular weight is 298 g/mol. The number of nitrogens with one attached hydrogen (secondary N) is 1. The van der Waals surface area contributed by atoms with Gasteiger partial charge in [0.1, 0.15) is 5.75 Å². The van der Waals surface area contributed by atoms with Crippen molar-refractivity contribution in [2.24, 2.45) is 0 Å². The van der Waals surface area contributed by atoms with Crippen molar-refractivity contribution in [2.45, 2.75) is 20.4 Å². The van der Waals surface area contributed by atoms with E-state index in [1.165, 1.54) is 15.8 Å². The van der Waals surface area contributed by atoms with Gasteiger partial charge in [0.25, 0.3) is 0 Å². The molecule has 108 valence electrons. The summed E-state index contributed by atoms with van der Waals surface area (Å²) in [7, 11) is 0. The topological polar surface area (TPSA) is 34.1 Å². The third-order valence-electron chi connectivity index (χ3n) is 3.38. The smallest absolute Gasteiger partial charge is 0.184 e. The summed E-state index contributed by atoms with van der Waals surface area (Å²) in [5.41, 5.74) is 3.47. The second kappa shape index (κ2) is 6.14. The summed E-state index contributed by atoms with van der Waals surface area (Å²) < 4.78 is 6.91. The van der Waals surface area contributed by atoms with Crippen molar-refractivity contribution in [1.82, 2.24) is 4.98 Å². The SMILES string of the molecule is CCOc1cccc(C)c1CNc1nc2ccccc2s1. The number of benzene rings is 2. The summed E-state index contributed by atoms with van der Waals surface area (Å²) in [5, 5.41) is 4.36. The molecule has 0 unspecified atom stereocenters. The maximum absolute atomic E-state index is 5.71. The summed E-state index contributed by atoms with van der Waals surface area (Å²) >= 11 is 1.68.